The van der Waals surface area contributed by atoms with E-state index in [9.17, 15) is 29.1 Å². The van der Waals surface area contributed by atoms with Gasteiger partial charge in [0.2, 0.25) is 11.5 Å². The van der Waals surface area contributed by atoms with E-state index < -0.39 is 41.5 Å². The number of rotatable bonds is 10. The second-order valence-corrected chi connectivity index (χ2v) is 10.4. The number of methoxy groups -OCH3 is 1. The van der Waals surface area contributed by atoms with Crippen molar-refractivity contribution in [2.45, 2.75) is 57.6 Å². The maximum absolute atomic E-state index is 13.5. The van der Waals surface area contributed by atoms with Gasteiger partial charge in [-0.05, 0) is 57.2 Å². The van der Waals surface area contributed by atoms with Gasteiger partial charge in [-0.3, -0.25) is 14.4 Å². The second kappa shape index (κ2) is 13.0. The molecule has 2 aliphatic rings. The molecule has 1 unspecified atom stereocenters. The molecule has 0 bridgehead atoms. The van der Waals surface area contributed by atoms with E-state index in [1.807, 2.05) is 13.0 Å². The molecule has 226 valence electrons. The summed E-state index contributed by atoms with van der Waals surface area (Å²) in [5.41, 5.74) is 0.136. The number of hydrogen-bond donors (Lipinski definition) is 2. The van der Waals surface area contributed by atoms with Gasteiger partial charge < -0.3 is 34.4 Å². The number of ether oxygens (including phenoxy) is 3. The summed E-state index contributed by atoms with van der Waals surface area (Å²) in [6, 6.07) is 5.72. The molecule has 2 heterocycles. The minimum absolute atomic E-state index is 0.0531. The first-order valence-electron chi connectivity index (χ1n) is 14.0. The molecule has 1 aromatic heterocycles. The van der Waals surface area contributed by atoms with Crippen LogP contribution in [0.25, 0.3) is 10.9 Å². The smallest absolute Gasteiger partial charge is 0.409 e. The number of amides is 3. The number of aliphatic carboxylic acids is 1. The number of aryl methyl sites for hydroxylation is 1. The molecule has 1 saturated heterocycles. The van der Waals surface area contributed by atoms with Crippen molar-refractivity contribution < 1.29 is 43.3 Å². The van der Waals surface area contributed by atoms with Crippen molar-refractivity contribution in [3.63, 3.8) is 0 Å². The molecule has 1 aliphatic carbocycles. The van der Waals surface area contributed by atoms with Crippen LogP contribution in [0.5, 0.6) is 5.75 Å². The van der Waals surface area contributed by atoms with E-state index in [-0.39, 0.29) is 57.1 Å². The van der Waals surface area contributed by atoms with Gasteiger partial charge >= 0.3 is 18.0 Å². The molecule has 0 spiro atoms. The SMILES string of the molecule is CCOC(=O)N1CCN(C(=O)C(CCC(=O)O)NC(=O)c2cc(OC3(C(=O)OC)CCC3)c3ccc(C)cc3n2)CC1. The van der Waals surface area contributed by atoms with Crippen LogP contribution in [-0.4, -0.2) is 101 Å². The van der Waals surface area contributed by atoms with Gasteiger partial charge in [-0.1, -0.05) is 6.07 Å². The lowest BCUT2D eigenvalue weighted by atomic mass is 9.80. The Balaban J connectivity index is 1.57. The molecular weight excluding hydrogens is 548 g/mol. The molecular formula is C29H36N4O9. The Hall–Kier alpha value is -4.42. The van der Waals surface area contributed by atoms with Gasteiger partial charge in [-0.15, -0.1) is 0 Å². The molecule has 3 amide bonds. The third kappa shape index (κ3) is 6.72. The summed E-state index contributed by atoms with van der Waals surface area (Å²) in [5, 5.41) is 12.5. The van der Waals surface area contributed by atoms with Gasteiger partial charge in [0.1, 0.15) is 17.5 Å². The average Bonchev–Trinajstić information content (AvgIpc) is 2.95. The number of benzene rings is 1. The molecule has 42 heavy (non-hydrogen) atoms. The van der Waals surface area contributed by atoms with Crippen LogP contribution >= 0.6 is 0 Å². The van der Waals surface area contributed by atoms with Crippen LogP contribution in [0.15, 0.2) is 24.3 Å². The van der Waals surface area contributed by atoms with Crippen LogP contribution in [0.1, 0.15) is 55.1 Å². The van der Waals surface area contributed by atoms with Crippen molar-refractivity contribution >= 4 is 40.7 Å². The van der Waals surface area contributed by atoms with E-state index in [1.165, 1.54) is 23.0 Å². The molecule has 1 aromatic carbocycles. The first-order valence-corrected chi connectivity index (χ1v) is 14.0. The Morgan fingerprint density at radius 2 is 1.76 bits per heavy atom. The Morgan fingerprint density at radius 3 is 2.36 bits per heavy atom. The minimum atomic E-state index is -1.16. The fourth-order valence-electron chi connectivity index (χ4n) is 5.05. The molecule has 2 fully saturated rings. The van der Waals surface area contributed by atoms with Crippen LogP contribution in [0, 0.1) is 6.92 Å². The zero-order chi connectivity index (χ0) is 30.4. The predicted molar refractivity (Wildman–Crippen MR) is 149 cm³/mol. The van der Waals surface area contributed by atoms with E-state index >= 15 is 0 Å². The number of carboxylic acids is 1. The maximum Gasteiger partial charge on any atom is 0.409 e. The molecule has 0 radical (unpaired) electrons. The highest BCUT2D eigenvalue weighted by atomic mass is 16.6. The van der Waals surface area contributed by atoms with Crippen molar-refractivity contribution in [3.05, 3.63) is 35.5 Å². The Morgan fingerprint density at radius 1 is 1.07 bits per heavy atom. The number of hydrogen-bond acceptors (Lipinski definition) is 9. The fourth-order valence-corrected chi connectivity index (χ4v) is 5.05. The number of nitrogens with one attached hydrogen (secondary N) is 1. The summed E-state index contributed by atoms with van der Waals surface area (Å²) >= 11 is 0. The molecule has 1 saturated carbocycles. The number of aromatic nitrogens is 1. The normalized spacial score (nSPS) is 16.6. The van der Waals surface area contributed by atoms with Gasteiger partial charge in [0, 0.05) is 44.1 Å². The highest BCUT2D eigenvalue weighted by Gasteiger charge is 2.48. The lowest BCUT2D eigenvalue weighted by molar-refractivity contribution is -0.167. The number of carbonyl (C=O) groups excluding carboxylic acids is 4. The third-order valence-electron chi connectivity index (χ3n) is 7.55. The van der Waals surface area contributed by atoms with Gasteiger partial charge in [0.05, 0.1) is 19.2 Å². The number of nitrogens with zero attached hydrogens (tertiary/aromatic N) is 3. The number of esters is 1. The zero-order valence-corrected chi connectivity index (χ0v) is 24.0. The monoisotopic (exact) mass is 584 g/mol. The minimum Gasteiger partial charge on any atom is -0.481 e. The average molecular weight is 585 g/mol. The Kier molecular flexibility index (Phi) is 9.48. The van der Waals surface area contributed by atoms with Crippen molar-refractivity contribution in [3.8, 4) is 5.75 Å². The van der Waals surface area contributed by atoms with Crippen molar-refractivity contribution in [2.24, 2.45) is 0 Å². The van der Waals surface area contributed by atoms with Gasteiger partial charge in [-0.25, -0.2) is 14.6 Å². The van der Waals surface area contributed by atoms with Crippen LogP contribution < -0.4 is 10.1 Å². The van der Waals surface area contributed by atoms with E-state index in [2.05, 4.69) is 10.3 Å². The Labute approximate surface area is 243 Å². The second-order valence-electron chi connectivity index (χ2n) is 10.4. The summed E-state index contributed by atoms with van der Waals surface area (Å²) in [4.78, 5) is 70.4. The molecule has 13 heteroatoms. The lowest BCUT2D eigenvalue weighted by Gasteiger charge is -2.39. The summed E-state index contributed by atoms with van der Waals surface area (Å²) in [6.07, 6.45) is 0.760. The lowest BCUT2D eigenvalue weighted by Crippen LogP contribution is -2.56. The Bertz CT molecular complexity index is 1370. The first-order chi connectivity index (χ1) is 20.1. The van der Waals surface area contributed by atoms with Crippen LogP contribution in [-0.2, 0) is 23.9 Å². The van der Waals surface area contributed by atoms with Crippen molar-refractivity contribution in [2.75, 3.05) is 39.9 Å². The van der Waals surface area contributed by atoms with Crippen LogP contribution in [0.2, 0.25) is 0 Å². The fraction of sp³-hybridized carbons (Fsp3) is 0.517. The van der Waals surface area contributed by atoms with Gasteiger partial charge in [0.15, 0.2) is 0 Å². The summed E-state index contributed by atoms with van der Waals surface area (Å²) < 4.78 is 16.2. The van der Waals surface area contributed by atoms with E-state index in [1.54, 1.807) is 19.1 Å². The number of fused-ring (bicyclic) bond motifs is 1. The maximum atomic E-state index is 13.5. The summed E-state index contributed by atoms with van der Waals surface area (Å²) in [5.74, 6) is -2.49. The van der Waals surface area contributed by atoms with E-state index in [0.717, 1.165) is 12.0 Å². The van der Waals surface area contributed by atoms with Gasteiger partial charge in [-0.2, -0.15) is 0 Å². The topological polar surface area (TPSA) is 165 Å². The molecule has 13 nitrogen and oxygen atoms in total. The van der Waals surface area contributed by atoms with Gasteiger partial charge in [0.25, 0.3) is 5.91 Å². The number of carbonyl (C=O) groups is 5. The number of carboxylic acid groups (broad SMARTS) is 1. The predicted octanol–water partition coefficient (Wildman–Crippen LogP) is 2.28. The zero-order valence-electron chi connectivity index (χ0n) is 24.0. The largest absolute Gasteiger partial charge is 0.481 e. The highest BCUT2D eigenvalue weighted by Crippen LogP contribution is 2.40. The molecule has 1 aliphatic heterocycles. The van der Waals surface area contributed by atoms with Crippen molar-refractivity contribution in [1.29, 1.82) is 0 Å². The third-order valence-corrected chi connectivity index (χ3v) is 7.55. The number of piperazine rings is 1. The molecule has 4 rings (SSSR count). The highest BCUT2D eigenvalue weighted by molar-refractivity contribution is 5.99. The van der Waals surface area contributed by atoms with Crippen LogP contribution in [0.4, 0.5) is 4.79 Å². The van der Waals surface area contributed by atoms with E-state index in [4.69, 9.17) is 14.2 Å². The standard InChI is InChI=1S/C29H36N4O9/c1-4-41-28(39)33-14-12-32(13-15-33)26(37)20(8-9-24(34)35)31-25(36)22-17-23(19-7-6-18(2)16-21(19)30-22)42-29(10-5-11-29)27(38)40-3/h6-7,16-17,20H,4-5,8-15H2,1-3H3,(H,31,36)(H,34,35). The molecule has 1 atom stereocenters. The first kappa shape index (κ1) is 30.5. The molecule has 2 aromatic rings. The van der Waals surface area contributed by atoms with E-state index in [0.29, 0.717) is 23.7 Å². The quantitative estimate of drug-likeness (QED) is 0.396. The molecule has 2 N–H and O–H groups in total. The summed E-state index contributed by atoms with van der Waals surface area (Å²) in [7, 11) is 1.30. The van der Waals surface area contributed by atoms with Crippen molar-refractivity contribution in [1.82, 2.24) is 20.1 Å². The number of pyridine rings is 1. The van der Waals surface area contributed by atoms with Crippen LogP contribution in [0.3, 0.4) is 0 Å². The summed E-state index contributed by atoms with van der Waals surface area (Å²) in [6.45, 7) is 4.73.